The molecule has 8 heteroatoms. The van der Waals surface area contributed by atoms with Crippen LogP contribution < -0.4 is 15.0 Å². The fourth-order valence-electron chi connectivity index (χ4n) is 3.66. The lowest BCUT2D eigenvalue weighted by atomic mass is 10.2. The number of ether oxygens (including phenoxy) is 2. The molecule has 5 aromatic rings. The zero-order valence-electron chi connectivity index (χ0n) is 17.6. The van der Waals surface area contributed by atoms with Crippen molar-refractivity contribution in [2.24, 2.45) is 0 Å². The van der Waals surface area contributed by atoms with Crippen LogP contribution in [-0.4, -0.2) is 33.4 Å². The molecule has 0 radical (unpaired) electrons. The molecule has 0 atom stereocenters. The molecule has 0 bridgehead atoms. The first-order chi connectivity index (χ1) is 15.7. The molecule has 2 aromatic heterocycles. The molecule has 160 valence electrons. The average Bonchev–Trinajstić information content (AvgIpc) is 3.27. The molecule has 0 amide bonds. The van der Waals surface area contributed by atoms with Crippen molar-refractivity contribution in [3.63, 3.8) is 0 Å². The fourth-order valence-corrected chi connectivity index (χ4v) is 4.55. The van der Waals surface area contributed by atoms with E-state index in [0.717, 1.165) is 16.8 Å². The zero-order chi connectivity index (χ0) is 22.1. The average molecular weight is 445 g/mol. The van der Waals surface area contributed by atoms with Crippen molar-refractivity contribution in [1.82, 2.24) is 19.2 Å². The Labute approximate surface area is 188 Å². The molecule has 0 saturated carbocycles. The highest BCUT2D eigenvalue weighted by molar-refractivity contribution is 7.98. The Kier molecular flexibility index (Phi) is 5.28. The maximum absolute atomic E-state index is 13.4. The van der Waals surface area contributed by atoms with E-state index >= 15 is 0 Å². The molecule has 0 aliphatic rings. The van der Waals surface area contributed by atoms with E-state index in [1.165, 1.54) is 0 Å². The number of nitrogens with zero attached hydrogens (tertiary/aromatic N) is 4. The minimum atomic E-state index is -0.155. The Hall–Kier alpha value is -3.78. The van der Waals surface area contributed by atoms with Crippen molar-refractivity contribution in [2.45, 2.75) is 10.9 Å². The van der Waals surface area contributed by atoms with Gasteiger partial charge >= 0.3 is 0 Å². The highest BCUT2D eigenvalue weighted by Gasteiger charge is 2.18. The number of rotatable bonds is 6. The zero-order valence-corrected chi connectivity index (χ0v) is 18.4. The van der Waals surface area contributed by atoms with Crippen LogP contribution in [0.2, 0.25) is 0 Å². The van der Waals surface area contributed by atoms with Crippen molar-refractivity contribution in [1.29, 1.82) is 0 Å². The minimum absolute atomic E-state index is 0.155. The summed E-state index contributed by atoms with van der Waals surface area (Å²) in [5, 5.41) is 10.1. The third-order valence-electron chi connectivity index (χ3n) is 5.21. The summed E-state index contributed by atoms with van der Waals surface area (Å²) < 4.78 is 14.2. The van der Waals surface area contributed by atoms with E-state index < -0.39 is 0 Å². The normalized spacial score (nSPS) is 11.2. The van der Waals surface area contributed by atoms with Gasteiger partial charge in [-0.05, 0) is 42.0 Å². The Morgan fingerprint density at radius 3 is 2.44 bits per heavy atom. The minimum Gasteiger partial charge on any atom is -0.497 e. The standard InChI is InChI=1S/C24H20N4O3S/c1-30-18-9-5-7-16(13-18)15-32-24-26-25-23-27(17-8-6-10-19(14-17)31-2)22(29)20-11-3-4-12-21(20)28(23)24/h3-14H,15H2,1-2H3. The predicted molar refractivity (Wildman–Crippen MR) is 125 cm³/mol. The Morgan fingerprint density at radius 2 is 1.62 bits per heavy atom. The molecule has 0 unspecified atom stereocenters. The maximum atomic E-state index is 13.4. The molecule has 0 spiro atoms. The second kappa shape index (κ2) is 8.39. The van der Waals surface area contributed by atoms with Gasteiger partial charge in [0.15, 0.2) is 5.16 Å². The molecular formula is C24H20N4O3S. The largest absolute Gasteiger partial charge is 0.497 e. The second-order valence-electron chi connectivity index (χ2n) is 7.12. The van der Waals surface area contributed by atoms with Gasteiger partial charge in [-0.2, -0.15) is 0 Å². The summed E-state index contributed by atoms with van der Waals surface area (Å²) in [6.45, 7) is 0. The second-order valence-corrected chi connectivity index (χ2v) is 8.06. The van der Waals surface area contributed by atoms with Gasteiger partial charge < -0.3 is 9.47 Å². The van der Waals surface area contributed by atoms with E-state index in [-0.39, 0.29) is 5.56 Å². The van der Waals surface area contributed by atoms with Gasteiger partial charge in [-0.25, -0.2) is 4.57 Å². The molecule has 3 aromatic carbocycles. The van der Waals surface area contributed by atoms with Crippen molar-refractivity contribution in [3.05, 3.63) is 88.7 Å². The van der Waals surface area contributed by atoms with E-state index in [9.17, 15) is 4.79 Å². The number of thioether (sulfide) groups is 1. The van der Waals surface area contributed by atoms with Gasteiger partial charge in [-0.1, -0.05) is 42.1 Å². The van der Waals surface area contributed by atoms with Crippen LogP contribution in [0.3, 0.4) is 0 Å². The molecule has 0 aliphatic heterocycles. The van der Waals surface area contributed by atoms with Gasteiger partial charge in [0.25, 0.3) is 5.56 Å². The summed E-state index contributed by atoms with van der Waals surface area (Å²) >= 11 is 1.55. The quantitative estimate of drug-likeness (QED) is 0.363. The molecule has 2 heterocycles. The van der Waals surface area contributed by atoms with Gasteiger partial charge in [0.2, 0.25) is 5.78 Å². The van der Waals surface area contributed by atoms with Gasteiger partial charge in [-0.15, -0.1) is 10.2 Å². The van der Waals surface area contributed by atoms with Crippen LogP contribution in [-0.2, 0) is 5.75 Å². The SMILES string of the molecule is COc1cccc(CSc2nnc3n(-c4cccc(OC)c4)c(=O)c4ccccc4n23)c1. The Balaban J connectivity index is 1.68. The van der Waals surface area contributed by atoms with Gasteiger partial charge in [0.1, 0.15) is 11.5 Å². The maximum Gasteiger partial charge on any atom is 0.267 e. The highest BCUT2D eigenvalue weighted by atomic mass is 32.2. The first-order valence-electron chi connectivity index (χ1n) is 9.98. The van der Waals surface area contributed by atoms with Crippen LogP contribution >= 0.6 is 11.8 Å². The van der Waals surface area contributed by atoms with Gasteiger partial charge in [0.05, 0.1) is 30.8 Å². The van der Waals surface area contributed by atoms with Crippen LogP contribution in [0.1, 0.15) is 5.56 Å². The number of fused-ring (bicyclic) bond motifs is 3. The summed E-state index contributed by atoms with van der Waals surface area (Å²) in [6, 6.07) is 22.8. The highest BCUT2D eigenvalue weighted by Crippen LogP contribution is 2.27. The van der Waals surface area contributed by atoms with Crippen molar-refractivity contribution < 1.29 is 9.47 Å². The van der Waals surface area contributed by atoms with Crippen LogP contribution in [0.25, 0.3) is 22.4 Å². The summed E-state index contributed by atoms with van der Waals surface area (Å²) in [4.78, 5) is 13.4. The lowest BCUT2D eigenvalue weighted by molar-refractivity contribution is 0.414. The fraction of sp³-hybridized carbons (Fsp3) is 0.125. The molecule has 7 nitrogen and oxygen atoms in total. The third kappa shape index (κ3) is 3.48. The number of para-hydroxylation sites is 1. The first kappa shape index (κ1) is 20.1. The number of benzene rings is 3. The van der Waals surface area contributed by atoms with Crippen LogP contribution in [0.5, 0.6) is 11.5 Å². The van der Waals surface area contributed by atoms with E-state index in [1.807, 2.05) is 77.2 Å². The van der Waals surface area contributed by atoms with Crippen LogP contribution in [0, 0.1) is 0 Å². The van der Waals surface area contributed by atoms with Crippen molar-refractivity contribution in [3.8, 4) is 17.2 Å². The van der Waals surface area contributed by atoms with Crippen LogP contribution in [0.4, 0.5) is 0 Å². The number of hydrogen-bond donors (Lipinski definition) is 0. The summed E-state index contributed by atoms with van der Waals surface area (Å²) in [7, 11) is 3.25. The summed E-state index contributed by atoms with van der Waals surface area (Å²) in [5.41, 5.74) is 2.39. The van der Waals surface area contributed by atoms with E-state index in [0.29, 0.717) is 33.5 Å². The van der Waals surface area contributed by atoms with Crippen LogP contribution in [0.15, 0.2) is 82.7 Å². The Morgan fingerprint density at radius 1 is 0.875 bits per heavy atom. The lowest BCUT2D eigenvalue weighted by Gasteiger charge is -2.12. The van der Waals surface area contributed by atoms with Gasteiger partial charge in [0, 0.05) is 11.8 Å². The third-order valence-corrected chi connectivity index (χ3v) is 6.21. The molecule has 0 N–H and O–H groups in total. The molecule has 32 heavy (non-hydrogen) atoms. The smallest absolute Gasteiger partial charge is 0.267 e. The molecule has 0 aliphatic carbocycles. The number of hydrogen-bond acceptors (Lipinski definition) is 6. The van der Waals surface area contributed by atoms with Crippen molar-refractivity contribution in [2.75, 3.05) is 14.2 Å². The lowest BCUT2D eigenvalue weighted by Crippen LogP contribution is -2.21. The molecule has 0 saturated heterocycles. The molecule has 5 rings (SSSR count). The summed E-state index contributed by atoms with van der Waals surface area (Å²) in [5.74, 6) is 2.61. The predicted octanol–water partition coefficient (Wildman–Crippen LogP) is 4.34. The molecule has 0 fully saturated rings. The molecular weight excluding hydrogens is 424 g/mol. The van der Waals surface area contributed by atoms with Gasteiger partial charge in [-0.3, -0.25) is 9.20 Å². The van der Waals surface area contributed by atoms with E-state index in [1.54, 1.807) is 30.5 Å². The first-order valence-corrected chi connectivity index (χ1v) is 11.0. The monoisotopic (exact) mass is 444 g/mol. The number of methoxy groups -OCH3 is 2. The Bertz CT molecular complexity index is 1490. The van der Waals surface area contributed by atoms with E-state index in [4.69, 9.17) is 9.47 Å². The topological polar surface area (TPSA) is 70.7 Å². The summed E-state index contributed by atoms with van der Waals surface area (Å²) in [6.07, 6.45) is 0. The van der Waals surface area contributed by atoms with E-state index in [2.05, 4.69) is 10.2 Å². The number of aromatic nitrogens is 4. The van der Waals surface area contributed by atoms with Crippen molar-refractivity contribution >= 4 is 28.4 Å².